The number of benzene rings is 1. The average molecular weight is 520 g/mol. The van der Waals surface area contributed by atoms with Gasteiger partial charge in [-0.1, -0.05) is 0 Å². The van der Waals surface area contributed by atoms with E-state index in [-0.39, 0.29) is 4.90 Å². The minimum absolute atomic E-state index is 0.161. The van der Waals surface area contributed by atoms with Crippen molar-refractivity contribution in [3.05, 3.63) is 83.4 Å². The van der Waals surface area contributed by atoms with Crippen LogP contribution >= 0.6 is 0 Å². The van der Waals surface area contributed by atoms with Gasteiger partial charge in [-0.05, 0) is 0 Å². The summed E-state index contributed by atoms with van der Waals surface area (Å²) in [6.45, 7) is 0. The molecule has 35 heavy (non-hydrogen) atoms. The van der Waals surface area contributed by atoms with E-state index < -0.39 is 10.1 Å². The van der Waals surface area contributed by atoms with Crippen molar-refractivity contribution >= 4 is 61.0 Å². The van der Waals surface area contributed by atoms with Crippen molar-refractivity contribution in [2.45, 2.75) is 4.90 Å². The van der Waals surface area contributed by atoms with E-state index >= 15 is 0 Å². The summed E-state index contributed by atoms with van der Waals surface area (Å²) in [5.41, 5.74) is 8.31. The van der Waals surface area contributed by atoms with Crippen LogP contribution in [0.3, 0.4) is 0 Å². The Hall–Kier alpha value is -3.75. The van der Waals surface area contributed by atoms with Gasteiger partial charge in [0, 0.05) is 0 Å². The molecule has 1 aromatic carbocycles. The van der Waals surface area contributed by atoms with E-state index in [4.69, 9.17) is 9.97 Å². The standard InChI is InChI=1S/C26H17N4O3S.Mn/c31-34(32,33)24-9-1-16(2-10-24)25-14-23-13-21-6-5-19(28-21)11-17-3-4-18(27-17)12-20-7-8-22(29-20)15-26(25)30-23;/h1-13,15,27,30H,(H,31,32,33);. The van der Waals surface area contributed by atoms with Crippen molar-refractivity contribution in [1.82, 2.24) is 19.9 Å². The molecule has 6 rings (SSSR count). The normalized spacial score (nSPS) is 12.9. The van der Waals surface area contributed by atoms with Crippen LogP contribution in [0.5, 0.6) is 0 Å². The zero-order valence-corrected chi connectivity index (χ0v) is 20.0. The number of nitrogens with one attached hydrogen (secondary N) is 2. The number of hydrogen-bond acceptors (Lipinski definition) is 4. The second-order valence-corrected chi connectivity index (χ2v) is 10.2. The summed E-state index contributed by atoms with van der Waals surface area (Å²) < 4.78 is 33.1. The first-order valence-corrected chi connectivity index (χ1v) is 12.7. The molecule has 0 fully saturated rings. The van der Waals surface area contributed by atoms with Gasteiger partial charge in [-0.25, -0.2) is 0 Å². The Morgan fingerprint density at radius 1 is 0.686 bits per heavy atom. The van der Waals surface area contributed by atoms with Crippen molar-refractivity contribution in [3.8, 4) is 11.1 Å². The van der Waals surface area contributed by atoms with Crippen LogP contribution < -0.4 is 4.46 Å². The third-order valence-corrected chi connectivity index (χ3v) is 7.20. The number of nitrogens with zero attached hydrogens (tertiary/aromatic N) is 2. The van der Waals surface area contributed by atoms with Crippen LogP contribution in [0.2, 0.25) is 0 Å². The quantitative estimate of drug-likeness (QED) is 0.226. The first-order chi connectivity index (χ1) is 16.8. The maximum atomic E-state index is 11.5. The molecule has 172 valence electrons. The zero-order valence-electron chi connectivity index (χ0n) is 18.0. The molecular formula is C26H17MnN4O3S. The predicted octanol–water partition coefficient (Wildman–Crippen LogP) is 4.74. The molecule has 5 heterocycles. The molecule has 3 aromatic heterocycles. The second-order valence-electron chi connectivity index (χ2n) is 8.18. The fraction of sp³-hybridized carbons (Fsp3) is 0. The molecule has 4 aromatic rings. The molecule has 0 spiro atoms. The topological polar surface area (TPSA) is 112 Å². The SMILES string of the molecule is O=S(=O)(O)c1ccc(-c2[c]([Mn])c3cc4nc(cc5ccc(cc6nc(cc2[nH]3)C=C6)[nH]5)C=C4)cc1. The van der Waals surface area contributed by atoms with Gasteiger partial charge in [-0.15, -0.1) is 0 Å². The van der Waals surface area contributed by atoms with E-state index in [1.54, 1.807) is 12.1 Å². The van der Waals surface area contributed by atoms with Crippen LogP contribution in [0, 0.1) is 0 Å². The summed E-state index contributed by atoms with van der Waals surface area (Å²) in [5, 5.41) is 0. The molecule has 0 saturated carbocycles. The third kappa shape index (κ3) is 4.26. The Morgan fingerprint density at radius 2 is 1.20 bits per heavy atom. The molecule has 7 nitrogen and oxygen atoms in total. The summed E-state index contributed by atoms with van der Waals surface area (Å²) in [6.07, 6.45) is 7.79. The van der Waals surface area contributed by atoms with Gasteiger partial charge >= 0.3 is 209 Å². The Morgan fingerprint density at radius 3 is 1.74 bits per heavy atom. The summed E-state index contributed by atoms with van der Waals surface area (Å²) in [5.74, 6) is 0. The van der Waals surface area contributed by atoms with Gasteiger partial charge in [0.15, 0.2) is 0 Å². The molecule has 2 aliphatic heterocycles. The van der Waals surface area contributed by atoms with Crippen LogP contribution in [0.1, 0.15) is 22.8 Å². The van der Waals surface area contributed by atoms with E-state index in [2.05, 4.69) is 26.0 Å². The molecule has 0 atom stereocenters. The van der Waals surface area contributed by atoms with E-state index in [0.717, 1.165) is 60.4 Å². The van der Waals surface area contributed by atoms with Crippen LogP contribution in [0.4, 0.5) is 0 Å². The number of rotatable bonds is 2. The van der Waals surface area contributed by atoms with Crippen molar-refractivity contribution < 1.29 is 29.0 Å². The Bertz CT molecular complexity index is 1830. The Kier molecular flexibility index (Phi) is 5.09. The van der Waals surface area contributed by atoms with E-state index in [1.807, 2.05) is 60.7 Å². The summed E-state index contributed by atoms with van der Waals surface area (Å²) in [7, 11) is -4.28. The average Bonchev–Trinajstić information content (AvgIpc) is 3.59. The number of H-pyrrole nitrogens is 2. The fourth-order valence-electron chi connectivity index (χ4n) is 4.12. The molecule has 0 amide bonds. The number of aromatic nitrogens is 4. The van der Waals surface area contributed by atoms with Gasteiger partial charge in [0.05, 0.1) is 0 Å². The number of hydrogen-bond donors (Lipinski definition) is 3. The number of aromatic amines is 2. The summed E-state index contributed by atoms with van der Waals surface area (Å²) in [6, 6.07) is 17.9. The Labute approximate surface area is 208 Å². The number of fused-ring (bicyclic) bond motifs is 8. The van der Waals surface area contributed by atoms with Gasteiger partial charge in [-0.2, -0.15) is 0 Å². The molecule has 3 N–H and O–H groups in total. The Balaban J connectivity index is 1.65. The molecule has 2 aliphatic rings. The van der Waals surface area contributed by atoms with E-state index in [9.17, 15) is 13.0 Å². The van der Waals surface area contributed by atoms with Crippen LogP contribution in [0.25, 0.3) is 57.5 Å². The fourth-order valence-corrected chi connectivity index (χ4v) is 5.09. The maximum absolute atomic E-state index is 11.5. The monoisotopic (exact) mass is 520 g/mol. The van der Waals surface area contributed by atoms with Gasteiger partial charge in [0.1, 0.15) is 0 Å². The molecule has 9 heteroatoms. The van der Waals surface area contributed by atoms with Gasteiger partial charge in [0.2, 0.25) is 0 Å². The first-order valence-electron chi connectivity index (χ1n) is 10.7. The third-order valence-electron chi connectivity index (χ3n) is 5.72. The van der Waals surface area contributed by atoms with E-state index in [1.165, 1.54) is 12.1 Å². The van der Waals surface area contributed by atoms with Gasteiger partial charge < -0.3 is 0 Å². The molecule has 0 radical (unpaired) electrons. The molecule has 8 bridgehead atoms. The predicted molar refractivity (Wildman–Crippen MR) is 134 cm³/mol. The molecular weight excluding hydrogens is 503 g/mol. The van der Waals surface area contributed by atoms with Crippen LogP contribution in [-0.4, -0.2) is 32.9 Å². The van der Waals surface area contributed by atoms with Crippen LogP contribution in [0.15, 0.2) is 65.6 Å². The van der Waals surface area contributed by atoms with E-state index in [0.29, 0.717) is 0 Å². The van der Waals surface area contributed by atoms with Crippen LogP contribution in [-0.2, 0) is 26.1 Å². The second kappa shape index (κ2) is 8.18. The van der Waals surface area contributed by atoms with Crippen molar-refractivity contribution in [2.24, 2.45) is 0 Å². The summed E-state index contributed by atoms with van der Waals surface area (Å²) in [4.78, 5) is 16.1. The molecule has 0 unspecified atom stereocenters. The minimum atomic E-state index is -4.28. The van der Waals surface area contributed by atoms with Crippen molar-refractivity contribution in [2.75, 3.05) is 0 Å². The van der Waals surface area contributed by atoms with Crippen molar-refractivity contribution in [3.63, 3.8) is 0 Å². The van der Waals surface area contributed by atoms with Gasteiger partial charge in [-0.3, -0.25) is 0 Å². The first kappa shape index (κ1) is 21.8. The zero-order chi connectivity index (χ0) is 24.2. The molecule has 0 saturated heterocycles. The van der Waals surface area contributed by atoms with Crippen molar-refractivity contribution in [1.29, 1.82) is 0 Å². The molecule has 0 aliphatic carbocycles. The van der Waals surface area contributed by atoms with Gasteiger partial charge in [0.25, 0.3) is 0 Å². The summed E-state index contributed by atoms with van der Waals surface area (Å²) >= 11 is 3.72.